The molecule has 0 bridgehead atoms. The molecule has 0 aliphatic rings. The molecule has 1 aromatic carbocycles. The zero-order chi connectivity index (χ0) is 13.9. The van der Waals surface area contributed by atoms with Crippen molar-refractivity contribution in [1.29, 1.82) is 0 Å². The van der Waals surface area contributed by atoms with Crippen LogP contribution in [0.1, 0.15) is 45.7 Å². The second kappa shape index (κ2) is 6.44. The lowest BCUT2D eigenvalue weighted by molar-refractivity contribution is 0.504. The highest BCUT2D eigenvalue weighted by Gasteiger charge is 2.13. The van der Waals surface area contributed by atoms with E-state index in [0.29, 0.717) is 12.0 Å². The summed E-state index contributed by atoms with van der Waals surface area (Å²) in [6.07, 6.45) is 1.17. The van der Waals surface area contributed by atoms with Crippen molar-refractivity contribution in [2.24, 2.45) is 11.7 Å². The van der Waals surface area contributed by atoms with E-state index in [1.54, 1.807) is 0 Å². The fourth-order valence-electron chi connectivity index (χ4n) is 2.20. The average Bonchev–Trinajstić information content (AvgIpc) is 2.26. The molecule has 0 fully saturated rings. The first-order valence-electron chi connectivity index (χ1n) is 6.60. The standard InChI is InChI=1S/C15H25ClN2/c1-10(2)8-11(3)18(5)13-6-7-14(12(4)17)15(16)9-13/h6-7,9-12H,8,17H2,1-5H3. The quantitative estimate of drug-likeness (QED) is 0.866. The summed E-state index contributed by atoms with van der Waals surface area (Å²) in [7, 11) is 2.12. The van der Waals surface area contributed by atoms with E-state index >= 15 is 0 Å². The Bertz CT molecular complexity index is 388. The predicted molar refractivity (Wildman–Crippen MR) is 81.4 cm³/mol. The Morgan fingerprint density at radius 1 is 1.22 bits per heavy atom. The van der Waals surface area contributed by atoms with Crippen molar-refractivity contribution < 1.29 is 0 Å². The number of hydrogen-bond donors (Lipinski definition) is 1. The van der Waals surface area contributed by atoms with E-state index in [1.165, 1.54) is 6.42 Å². The third-order valence-corrected chi connectivity index (χ3v) is 3.68. The van der Waals surface area contributed by atoms with Gasteiger partial charge < -0.3 is 10.6 Å². The van der Waals surface area contributed by atoms with Gasteiger partial charge in [0.25, 0.3) is 0 Å². The normalized spacial score (nSPS) is 14.7. The summed E-state index contributed by atoms with van der Waals surface area (Å²) in [6, 6.07) is 6.62. The first-order chi connectivity index (χ1) is 8.32. The van der Waals surface area contributed by atoms with Gasteiger partial charge in [0.1, 0.15) is 0 Å². The monoisotopic (exact) mass is 268 g/mol. The molecule has 1 rings (SSSR count). The van der Waals surface area contributed by atoms with Crippen LogP contribution in [0.25, 0.3) is 0 Å². The number of hydrogen-bond acceptors (Lipinski definition) is 2. The molecule has 2 nitrogen and oxygen atoms in total. The Hall–Kier alpha value is -0.730. The summed E-state index contributed by atoms with van der Waals surface area (Å²) < 4.78 is 0. The SMILES string of the molecule is CC(C)CC(C)N(C)c1ccc(C(C)N)c(Cl)c1. The smallest absolute Gasteiger partial charge is 0.0474 e. The van der Waals surface area contributed by atoms with Gasteiger partial charge in [0.2, 0.25) is 0 Å². The Morgan fingerprint density at radius 3 is 2.28 bits per heavy atom. The molecule has 2 N–H and O–H groups in total. The van der Waals surface area contributed by atoms with Gasteiger partial charge in [-0.1, -0.05) is 31.5 Å². The number of rotatable bonds is 5. The fourth-order valence-corrected chi connectivity index (χ4v) is 2.55. The molecule has 0 aromatic heterocycles. The van der Waals surface area contributed by atoms with E-state index in [4.69, 9.17) is 17.3 Å². The van der Waals surface area contributed by atoms with Gasteiger partial charge in [-0.05, 0) is 43.9 Å². The second-order valence-corrected chi connectivity index (χ2v) is 5.99. The van der Waals surface area contributed by atoms with Gasteiger partial charge in [0, 0.05) is 29.8 Å². The lowest BCUT2D eigenvalue weighted by atomic mass is 10.0. The summed E-state index contributed by atoms with van der Waals surface area (Å²) in [5.41, 5.74) is 8.02. The van der Waals surface area contributed by atoms with Gasteiger partial charge in [-0.2, -0.15) is 0 Å². The highest BCUT2D eigenvalue weighted by molar-refractivity contribution is 6.31. The Labute approximate surface area is 116 Å². The third kappa shape index (κ3) is 3.89. The van der Waals surface area contributed by atoms with Crippen LogP contribution < -0.4 is 10.6 Å². The number of nitrogens with two attached hydrogens (primary N) is 1. The van der Waals surface area contributed by atoms with Crippen molar-refractivity contribution in [1.82, 2.24) is 0 Å². The molecular weight excluding hydrogens is 244 g/mol. The molecule has 0 radical (unpaired) electrons. The van der Waals surface area contributed by atoms with E-state index < -0.39 is 0 Å². The van der Waals surface area contributed by atoms with Gasteiger partial charge in [-0.15, -0.1) is 0 Å². The zero-order valence-corrected chi connectivity index (χ0v) is 12.8. The van der Waals surface area contributed by atoms with Crippen LogP contribution in [0.4, 0.5) is 5.69 Å². The van der Waals surface area contributed by atoms with E-state index in [1.807, 2.05) is 19.1 Å². The van der Waals surface area contributed by atoms with E-state index in [9.17, 15) is 0 Å². The maximum Gasteiger partial charge on any atom is 0.0474 e. The Kier molecular flexibility index (Phi) is 5.48. The maximum atomic E-state index is 6.27. The van der Waals surface area contributed by atoms with Gasteiger partial charge >= 0.3 is 0 Å². The van der Waals surface area contributed by atoms with Crippen molar-refractivity contribution in [3.63, 3.8) is 0 Å². The van der Waals surface area contributed by atoms with Crippen LogP contribution in [0.2, 0.25) is 5.02 Å². The number of nitrogens with zero attached hydrogens (tertiary/aromatic N) is 1. The summed E-state index contributed by atoms with van der Waals surface area (Å²) in [5, 5.41) is 0.756. The minimum atomic E-state index is -0.0232. The van der Waals surface area contributed by atoms with Crippen molar-refractivity contribution in [3.05, 3.63) is 28.8 Å². The number of anilines is 1. The molecule has 3 heteroatoms. The zero-order valence-electron chi connectivity index (χ0n) is 12.1. The molecule has 0 saturated carbocycles. The summed E-state index contributed by atoms with van der Waals surface area (Å²) in [6.45, 7) is 8.69. The summed E-state index contributed by atoms with van der Waals surface area (Å²) in [4.78, 5) is 2.27. The topological polar surface area (TPSA) is 29.3 Å². The minimum absolute atomic E-state index is 0.0232. The van der Waals surface area contributed by atoms with Crippen molar-refractivity contribution in [3.8, 4) is 0 Å². The van der Waals surface area contributed by atoms with Crippen LogP contribution in [-0.4, -0.2) is 13.1 Å². The van der Waals surface area contributed by atoms with Gasteiger partial charge in [-0.3, -0.25) is 0 Å². The van der Waals surface area contributed by atoms with Crippen LogP contribution in [0.3, 0.4) is 0 Å². The molecule has 2 atom stereocenters. The summed E-state index contributed by atoms with van der Waals surface area (Å²) >= 11 is 6.27. The molecule has 0 spiro atoms. The molecule has 0 aliphatic heterocycles. The van der Waals surface area contributed by atoms with Crippen molar-refractivity contribution in [2.75, 3.05) is 11.9 Å². The van der Waals surface area contributed by atoms with Crippen molar-refractivity contribution in [2.45, 2.75) is 46.2 Å². The highest BCUT2D eigenvalue weighted by atomic mass is 35.5. The second-order valence-electron chi connectivity index (χ2n) is 5.58. The molecule has 0 saturated heterocycles. The van der Waals surface area contributed by atoms with E-state index in [-0.39, 0.29) is 6.04 Å². The van der Waals surface area contributed by atoms with Gasteiger partial charge in [0.15, 0.2) is 0 Å². The molecule has 0 heterocycles. The van der Waals surface area contributed by atoms with Crippen LogP contribution in [-0.2, 0) is 0 Å². The summed E-state index contributed by atoms with van der Waals surface area (Å²) in [5.74, 6) is 0.696. The predicted octanol–water partition coefficient (Wildman–Crippen LogP) is 4.23. The molecule has 18 heavy (non-hydrogen) atoms. The number of benzene rings is 1. The lowest BCUT2D eigenvalue weighted by Crippen LogP contribution is -2.30. The lowest BCUT2D eigenvalue weighted by Gasteiger charge is -2.29. The van der Waals surface area contributed by atoms with Crippen LogP contribution in [0.5, 0.6) is 0 Å². The van der Waals surface area contributed by atoms with Gasteiger partial charge in [0.05, 0.1) is 0 Å². The van der Waals surface area contributed by atoms with Crippen molar-refractivity contribution >= 4 is 17.3 Å². The molecule has 1 aromatic rings. The number of halogens is 1. The molecular formula is C15H25ClN2. The van der Waals surface area contributed by atoms with E-state index in [0.717, 1.165) is 16.3 Å². The highest BCUT2D eigenvalue weighted by Crippen LogP contribution is 2.28. The third-order valence-electron chi connectivity index (χ3n) is 3.36. The first kappa shape index (κ1) is 15.3. The van der Waals surface area contributed by atoms with Crippen LogP contribution in [0, 0.1) is 5.92 Å². The van der Waals surface area contributed by atoms with E-state index in [2.05, 4.69) is 38.8 Å². The molecule has 2 unspecified atom stereocenters. The van der Waals surface area contributed by atoms with Gasteiger partial charge in [-0.25, -0.2) is 0 Å². The molecule has 102 valence electrons. The Balaban J connectivity index is 2.87. The van der Waals surface area contributed by atoms with Crippen LogP contribution >= 0.6 is 11.6 Å². The fraction of sp³-hybridized carbons (Fsp3) is 0.600. The molecule has 0 aliphatic carbocycles. The first-order valence-corrected chi connectivity index (χ1v) is 6.98. The Morgan fingerprint density at radius 2 is 1.83 bits per heavy atom. The average molecular weight is 269 g/mol. The maximum absolute atomic E-state index is 6.27. The molecule has 0 amide bonds. The van der Waals surface area contributed by atoms with Crippen LogP contribution in [0.15, 0.2) is 18.2 Å². The largest absolute Gasteiger partial charge is 0.372 e. The minimum Gasteiger partial charge on any atom is -0.372 e.